The first kappa shape index (κ1) is 10.4. The molecule has 1 aromatic rings. The number of rotatable bonds is 2. The third-order valence-corrected chi connectivity index (χ3v) is 4.34. The average Bonchev–Trinajstić information content (AvgIpc) is 3.18. The number of para-hydroxylation sites is 1. The van der Waals surface area contributed by atoms with Crippen molar-refractivity contribution < 1.29 is 9.47 Å². The van der Waals surface area contributed by atoms with Gasteiger partial charge in [-0.25, -0.2) is 0 Å². The topological polar surface area (TPSA) is 42.5 Å². The van der Waals surface area contributed by atoms with Crippen LogP contribution in [0.2, 0.25) is 0 Å². The molecule has 3 aliphatic heterocycles. The highest BCUT2D eigenvalue weighted by molar-refractivity contribution is 8.07. The van der Waals surface area contributed by atoms with Gasteiger partial charge in [-0.1, -0.05) is 12.1 Å². The van der Waals surface area contributed by atoms with Gasteiger partial charge in [0.1, 0.15) is 24.0 Å². The minimum absolute atomic E-state index is 0.543. The largest absolute Gasteiger partial charge is 0.486 e. The van der Waals surface area contributed by atoms with Crippen LogP contribution < -0.4 is 20.1 Å². The van der Waals surface area contributed by atoms with Crippen LogP contribution >= 0.6 is 11.8 Å². The van der Waals surface area contributed by atoms with E-state index in [0.29, 0.717) is 24.0 Å². The van der Waals surface area contributed by atoms with Gasteiger partial charge in [0.2, 0.25) is 0 Å². The normalized spacial score (nSPS) is 27.4. The molecule has 0 radical (unpaired) electrons. The van der Waals surface area contributed by atoms with Crippen molar-refractivity contribution in [1.29, 1.82) is 0 Å². The van der Waals surface area contributed by atoms with E-state index in [1.54, 1.807) is 0 Å². The standard InChI is InChI=1S/C13H14N2O2S/c1-2-8(11-10(3-1)16-4-5-17-11)6-9-7-14-12-13(15-9)18-12/h1-3,7,12-15H,4-6H2. The van der Waals surface area contributed by atoms with Crippen LogP contribution in [0.5, 0.6) is 11.5 Å². The molecule has 2 unspecified atom stereocenters. The summed E-state index contributed by atoms with van der Waals surface area (Å²) in [7, 11) is 0. The molecule has 94 valence electrons. The van der Waals surface area contributed by atoms with Crippen LogP contribution in [-0.4, -0.2) is 24.0 Å². The van der Waals surface area contributed by atoms with Gasteiger partial charge in [0.15, 0.2) is 11.5 Å². The van der Waals surface area contributed by atoms with Gasteiger partial charge in [-0.15, -0.1) is 11.8 Å². The molecule has 1 saturated heterocycles. The lowest BCUT2D eigenvalue weighted by molar-refractivity contribution is 0.170. The number of nitrogens with one attached hydrogen (secondary N) is 2. The van der Waals surface area contributed by atoms with E-state index in [4.69, 9.17) is 9.47 Å². The number of hydrogen-bond donors (Lipinski definition) is 2. The molecule has 0 amide bonds. The summed E-state index contributed by atoms with van der Waals surface area (Å²) >= 11 is 1.91. The summed E-state index contributed by atoms with van der Waals surface area (Å²) in [6.07, 6.45) is 2.92. The Morgan fingerprint density at radius 3 is 3.11 bits per heavy atom. The fourth-order valence-electron chi connectivity index (χ4n) is 2.34. The first-order valence-electron chi connectivity index (χ1n) is 6.15. The van der Waals surface area contributed by atoms with Crippen LogP contribution in [0.4, 0.5) is 0 Å². The zero-order valence-electron chi connectivity index (χ0n) is 9.81. The molecule has 18 heavy (non-hydrogen) atoms. The molecule has 3 heterocycles. The minimum atomic E-state index is 0.543. The molecule has 3 aliphatic rings. The first-order valence-corrected chi connectivity index (χ1v) is 7.09. The van der Waals surface area contributed by atoms with Crippen LogP contribution in [0.3, 0.4) is 0 Å². The summed E-state index contributed by atoms with van der Waals surface area (Å²) in [5.41, 5.74) is 2.39. The molecule has 1 aromatic carbocycles. The van der Waals surface area contributed by atoms with E-state index < -0.39 is 0 Å². The van der Waals surface area contributed by atoms with Crippen LogP contribution in [0.25, 0.3) is 0 Å². The van der Waals surface area contributed by atoms with E-state index in [2.05, 4.69) is 22.9 Å². The summed E-state index contributed by atoms with van der Waals surface area (Å²) in [5.74, 6) is 1.76. The lowest BCUT2D eigenvalue weighted by Crippen LogP contribution is -2.31. The molecular formula is C13H14N2O2S. The Bertz CT molecular complexity index is 518. The molecule has 0 saturated carbocycles. The minimum Gasteiger partial charge on any atom is -0.486 e. The molecule has 5 heteroatoms. The zero-order chi connectivity index (χ0) is 11.9. The Morgan fingerprint density at radius 1 is 1.22 bits per heavy atom. The van der Waals surface area contributed by atoms with Gasteiger partial charge in [0.25, 0.3) is 0 Å². The molecule has 0 aliphatic carbocycles. The predicted molar refractivity (Wildman–Crippen MR) is 70.7 cm³/mol. The van der Waals surface area contributed by atoms with Crippen molar-refractivity contribution in [2.75, 3.05) is 13.2 Å². The molecule has 0 aromatic heterocycles. The Morgan fingerprint density at radius 2 is 2.17 bits per heavy atom. The highest BCUT2D eigenvalue weighted by Gasteiger charge is 2.40. The maximum Gasteiger partial charge on any atom is 0.164 e. The predicted octanol–water partition coefficient (Wildman–Crippen LogP) is 1.43. The second-order valence-corrected chi connectivity index (χ2v) is 5.86. The SMILES string of the molecule is C1=C(Cc2cccc3c2OCCO3)NC2SC2N1. The average molecular weight is 262 g/mol. The van der Waals surface area contributed by atoms with Crippen molar-refractivity contribution in [3.05, 3.63) is 35.7 Å². The van der Waals surface area contributed by atoms with Gasteiger partial charge >= 0.3 is 0 Å². The number of thioether (sulfide) groups is 1. The van der Waals surface area contributed by atoms with Gasteiger partial charge < -0.3 is 20.1 Å². The molecule has 4 rings (SSSR count). The lowest BCUT2D eigenvalue weighted by atomic mass is 10.1. The summed E-state index contributed by atoms with van der Waals surface area (Å²) in [6.45, 7) is 1.27. The van der Waals surface area contributed by atoms with Crippen molar-refractivity contribution in [3.63, 3.8) is 0 Å². The maximum atomic E-state index is 5.73. The number of benzene rings is 1. The summed E-state index contributed by atoms with van der Waals surface area (Å²) in [6, 6.07) is 6.09. The molecule has 1 fully saturated rings. The quantitative estimate of drug-likeness (QED) is 0.789. The van der Waals surface area contributed by atoms with E-state index in [1.807, 2.05) is 23.9 Å². The molecule has 4 nitrogen and oxygen atoms in total. The van der Waals surface area contributed by atoms with E-state index in [9.17, 15) is 0 Å². The molecule has 2 N–H and O–H groups in total. The summed E-state index contributed by atoms with van der Waals surface area (Å²) in [5, 5.41) is 7.99. The van der Waals surface area contributed by atoms with Crippen LogP contribution in [0.1, 0.15) is 5.56 Å². The highest BCUT2D eigenvalue weighted by Crippen LogP contribution is 2.40. The Hall–Kier alpha value is -1.49. The van der Waals surface area contributed by atoms with Crippen molar-refractivity contribution in [2.45, 2.75) is 17.2 Å². The van der Waals surface area contributed by atoms with E-state index in [0.717, 1.165) is 17.9 Å². The zero-order valence-corrected chi connectivity index (χ0v) is 10.6. The number of allylic oxidation sites excluding steroid dienone is 1. The summed E-state index contributed by atoms with van der Waals surface area (Å²) < 4.78 is 11.3. The second kappa shape index (κ2) is 4.02. The van der Waals surface area contributed by atoms with Crippen LogP contribution in [0, 0.1) is 0 Å². The maximum absolute atomic E-state index is 5.73. The van der Waals surface area contributed by atoms with Gasteiger partial charge in [0, 0.05) is 23.9 Å². The van der Waals surface area contributed by atoms with E-state index in [1.165, 1.54) is 11.3 Å². The van der Waals surface area contributed by atoms with E-state index >= 15 is 0 Å². The van der Waals surface area contributed by atoms with Crippen molar-refractivity contribution >= 4 is 11.8 Å². The van der Waals surface area contributed by atoms with Crippen LogP contribution in [-0.2, 0) is 6.42 Å². The smallest absolute Gasteiger partial charge is 0.164 e. The van der Waals surface area contributed by atoms with Crippen molar-refractivity contribution in [3.8, 4) is 11.5 Å². The number of ether oxygens (including phenoxy) is 2. The van der Waals surface area contributed by atoms with Crippen LogP contribution in [0.15, 0.2) is 30.1 Å². The number of fused-ring (bicyclic) bond motifs is 2. The highest BCUT2D eigenvalue weighted by atomic mass is 32.2. The van der Waals surface area contributed by atoms with Crippen molar-refractivity contribution in [2.24, 2.45) is 0 Å². The van der Waals surface area contributed by atoms with Gasteiger partial charge in [-0.3, -0.25) is 0 Å². The third-order valence-electron chi connectivity index (χ3n) is 3.27. The first-order chi connectivity index (χ1) is 8.90. The Kier molecular flexibility index (Phi) is 2.33. The third kappa shape index (κ3) is 1.79. The summed E-state index contributed by atoms with van der Waals surface area (Å²) in [4.78, 5) is 0. The fraction of sp³-hybridized carbons (Fsp3) is 0.385. The van der Waals surface area contributed by atoms with Gasteiger partial charge in [-0.05, 0) is 6.07 Å². The molecule has 2 atom stereocenters. The fourth-order valence-corrected chi connectivity index (χ4v) is 3.07. The Labute approximate surface area is 110 Å². The molecule has 0 bridgehead atoms. The Balaban J connectivity index is 1.59. The van der Waals surface area contributed by atoms with E-state index in [-0.39, 0.29) is 0 Å². The lowest BCUT2D eigenvalue weighted by Gasteiger charge is -2.22. The molecule has 0 spiro atoms. The molecular weight excluding hydrogens is 248 g/mol. The number of hydrogen-bond acceptors (Lipinski definition) is 5. The van der Waals surface area contributed by atoms with Gasteiger partial charge in [0.05, 0.1) is 0 Å². The van der Waals surface area contributed by atoms with Gasteiger partial charge in [-0.2, -0.15) is 0 Å². The van der Waals surface area contributed by atoms with Crippen molar-refractivity contribution in [1.82, 2.24) is 10.6 Å². The second-order valence-electron chi connectivity index (χ2n) is 4.58. The monoisotopic (exact) mass is 262 g/mol.